The van der Waals surface area contributed by atoms with E-state index < -0.39 is 35.3 Å². The molecule has 0 spiro atoms. The number of rotatable bonds is 7. The topological polar surface area (TPSA) is 103 Å². The normalized spacial score (nSPS) is 17.8. The van der Waals surface area contributed by atoms with Crippen molar-refractivity contribution in [3.63, 3.8) is 0 Å². The lowest BCUT2D eigenvalue weighted by atomic mass is 9.93. The molecule has 2 heterocycles. The number of ketones is 1. The zero-order valence-corrected chi connectivity index (χ0v) is 19.4. The number of methoxy groups -OCH3 is 1. The number of esters is 1. The number of carbonyl (C=O) groups is 3. The third kappa shape index (κ3) is 4.41. The van der Waals surface area contributed by atoms with Crippen molar-refractivity contribution in [2.75, 3.05) is 34.3 Å². The first kappa shape index (κ1) is 24.2. The standard InChI is InChI=1S/C24H28FN3O5/c1-13-17(14(2)26-19(13)24(32)33-5)21(29)18-20(15-9-6-7-10-16(15)25)28(23(31)22(18)30)12-8-11-27(3)4/h6-7,9-10,20,26,29H,8,11-12H2,1-5H3. The van der Waals surface area contributed by atoms with Crippen molar-refractivity contribution in [2.24, 2.45) is 0 Å². The second-order valence-corrected chi connectivity index (χ2v) is 8.29. The number of hydrogen-bond acceptors (Lipinski definition) is 6. The number of halogens is 1. The molecule has 1 unspecified atom stereocenters. The van der Waals surface area contributed by atoms with E-state index in [2.05, 4.69) is 4.98 Å². The number of aliphatic hydroxyl groups excluding tert-OH is 1. The van der Waals surface area contributed by atoms with Crippen LogP contribution in [0.4, 0.5) is 4.39 Å². The molecule has 33 heavy (non-hydrogen) atoms. The fourth-order valence-electron chi connectivity index (χ4n) is 4.23. The van der Waals surface area contributed by atoms with Crippen molar-refractivity contribution in [1.82, 2.24) is 14.8 Å². The van der Waals surface area contributed by atoms with Crippen molar-refractivity contribution in [2.45, 2.75) is 26.3 Å². The Hall–Kier alpha value is -3.46. The SMILES string of the molecule is COC(=O)c1[nH]c(C)c(C(O)=C2C(=O)C(=O)N(CCCN(C)C)C2c2ccccc2F)c1C. The van der Waals surface area contributed by atoms with Gasteiger partial charge in [0.1, 0.15) is 17.3 Å². The third-order valence-corrected chi connectivity index (χ3v) is 5.81. The maximum Gasteiger partial charge on any atom is 0.354 e. The van der Waals surface area contributed by atoms with Crippen LogP contribution in [0.5, 0.6) is 0 Å². The molecule has 8 nitrogen and oxygen atoms in total. The van der Waals surface area contributed by atoms with E-state index in [1.54, 1.807) is 19.9 Å². The number of hydrogen-bond donors (Lipinski definition) is 2. The van der Waals surface area contributed by atoms with Gasteiger partial charge in [-0.2, -0.15) is 0 Å². The molecule has 1 aromatic carbocycles. The number of nitrogens with zero attached hydrogens (tertiary/aromatic N) is 2. The Morgan fingerprint density at radius 1 is 1.24 bits per heavy atom. The molecule has 2 N–H and O–H groups in total. The van der Waals surface area contributed by atoms with E-state index in [0.717, 1.165) is 0 Å². The Morgan fingerprint density at radius 3 is 2.52 bits per heavy atom. The zero-order valence-electron chi connectivity index (χ0n) is 19.4. The molecule has 2 aromatic rings. The summed E-state index contributed by atoms with van der Waals surface area (Å²) >= 11 is 0. The van der Waals surface area contributed by atoms with Crippen molar-refractivity contribution < 1.29 is 28.6 Å². The molecule has 1 amide bonds. The number of amides is 1. The van der Waals surface area contributed by atoms with E-state index in [1.807, 2.05) is 19.0 Å². The van der Waals surface area contributed by atoms with E-state index in [1.165, 1.54) is 30.2 Å². The van der Waals surface area contributed by atoms with Gasteiger partial charge in [0.25, 0.3) is 11.7 Å². The average molecular weight is 458 g/mol. The van der Waals surface area contributed by atoms with E-state index in [0.29, 0.717) is 24.2 Å². The Balaban J connectivity index is 2.20. The molecule has 0 saturated carbocycles. The summed E-state index contributed by atoms with van der Waals surface area (Å²) in [6.45, 7) is 4.08. The van der Waals surface area contributed by atoms with Gasteiger partial charge in [0.15, 0.2) is 0 Å². The Labute approximate surface area is 191 Å². The lowest BCUT2D eigenvalue weighted by molar-refractivity contribution is -0.140. The van der Waals surface area contributed by atoms with E-state index in [-0.39, 0.29) is 28.9 Å². The lowest BCUT2D eigenvalue weighted by Gasteiger charge is -2.26. The van der Waals surface area contributed by atoms with Gasteiger partial charge >= 0.3 is 5.97 Å². The summed E-state index contributed by atoms with van der Waals surface area (Å²) in [5, 5.41) is 11.3. The minimum Gasteiger partial charge on any atom is -0.507 e. The number of Topliss-reactive ketones (excluding diaryl/α,β-unsaturated/α-hetero) is 1. The highest BCUT2D eigenvalue weighted by molar-refractivity contribution is 6.46. The number of nitrogens with one attached hydrogen (secondary N) is 1. The van der Waals surface area contributed by atoms with Crippen molar-refractivity contribution in [1.29, 1.82) is 0 Å². The van der Waals surface area contributed by atoms with Crippen LogP contribution in [0.1, 0.15) is 45.3 Å². The number of ether oxygens (including phenoxy) is 1. The second kappa shape index (κ2) is 9.58. The Bertz CT molecular complexity index is 1140. The number of carbonyl (C=O) groups excluding carboxylic acids is 3. The van der Waals surface area contributed by atoms with Crippen LogP contribution in [0.3, 0.4) is 0 Å². The van der Waals surface area contributed by atoms with Gasteiger partial charge in [-0.3, -0.25) is 9.59 Å². The summed E-state index contributed by atoms with van der Waals surface area (Å²) in [5.41, 5.74) is 1.01. The van der Waals surface area contributed by atoms with Gasteiger partial charge in [-0.15, -0.1) is 0 Å². The molecule has 0 radical (unpaired) electrons. The molecule has 1 fully saturated rings. The smallest absolute Gasteiger partial charge is 0.354 e. The fourth-order valence-corrected chi connectivity index (χ4v) is 4.23. The molecule has 0 bridgehead atoms. The summed E-state index contributed by atoms with van der Waals surface area (Å²) in [5.74, 6) is -3.39. The van der Waals surface area contributed by atoms with Crippen LogP contribution in [0.25, 0.3) is 5.76 Å². The van der Waals surface area contributed by atoms with Gasteiger partial charge in [-0.25, -0.2) is 9.18 Å². The predicted octanol–water partition coefficient (Wildman–Crippen LogP) is 2.93. The molecule has 1 atom stereocenters. The molecule has 3 rings (SSSR count). The second-order valence-electron chi connectivity index (χ2n) is 8.29. The highest BCUT2D eigenvalue weighted by Crippen LogP contribution is 2.41. The first-order valence-electron chi connectivity index (χ1n) is 10.6. The highest BCUT2D eigenvalue weighted by atomic mass is 19.1. The zero-order chi connectivity index (χ0) is 24.4. The van der Waals surface area contributed by atoms with Crippen molar-refractivity contribution in [3.8, 4) is 0 Å². The largest absolute Gasteiger partial charge is 0.507 e. The van der Waals surface area contributed by atoms with Crippen LogP contribution in [0.2, 0.25) is 0 Å². The number of H-pyrrole nitrogens is 1. The van der Waals surface area contributed by atoms with Gasteiger partial charge in [-0.05, 0) is 52.5 Å². The molecular formula is C24H28FN3O5. The maximum atomic E-state index is 14.8. The van der Waals surface area contributed by atoms with Crippen LogP contribution in [-0.4, -0.2) is 71.8 Å². The first-order chi connectivity index (χ1) is 15.6. The number of aromatic amines is 1. The Morgan fingerprint density at radius 2 is 1.91 bits per heavy atom. The van der Waals surface area contributed by atoms with E-state index in [9.17, 15) is 23.9 Å². The molecule has 1 aromatic heterocycles. The first-order valence-corrected chi connectivity index (χ1v) is 10.6. The van der Waals surface area contributed by atoms with Crippen molar-refractivity contribution >= 4 is 23.4 Å². The maximum absolute atomic E-state index is 14.8. The van der Waals surface area contributed by atoms with Gasteiger partial charge in [0.2, 0.25) is 0 Å². The number of aryl methyl sites for hydroxylation is 1. The third-order valence-electron chi connectivity index (χ3n) is 5.81. The minimum atomic E-state index is -1.09. The number of benzene rings is 1. The summed E-state index contributed by atoms with van der Waals surface area (Å²) in [4.78, 5) is 44.2. The molecular weight excluding hydrogens is 429 g/mol. The van der Waals surface area contributed by atoms with Crippen LogP contribution in [0.15, 0.2) is 29.8 Å². The molecule has 176 valence electrons. The van der Waals surface area contributed by atoms with Gasteiger partial charge in [-0.1, -0.05) is 18.2 Å². The number of aliphatic hydroxyl groups is 1. The summed E-state index contributed by atoms with van der Waals surface area (Å²) in [6, 6.07) is 4.77. The molecule has 1 saturated heterocycles. The monoisotopic (exact) mass is 457 g/mol. The van der Waals surface area contributed by atoms with E-state index in [4.69, 9.17) is 4.74 Å². The molecule has 9 heteroatoms. The van der Waals surface area contributed by atoms with Crippen LogP contribution >= 0.6 is 0 Å². The van der Waals surface area contributed by atoms with Gasteiger partial charge < -0.3 is 24.6 Å². The Kier molecular flexibility index (Phi) is 7.02. The number of likely N-dealkylation sites (tertiary alicyclic amines) is 1. The van der Waals surface area contributed by atoms with Crippen molar-refractivity contribution in [3.05, 3.63) is 63.7 Å². The van der Waals surface area contributed by atoms with Crippen LogP contribution in [0, 0.1) is 19.7 Å². The lowest BCUT2D eigenvalue weighted by Crippen LogP contribution is -2.32. The fraction of sp³-hybridized carbons (Fsp3) is 0.375. The summed E-state index contributed by atoms with van der Waals surface area (Å²) in [6.07, 6.45) is 0.555. The highest BCUT2D eigenvalue weighted by Gasteiger charge is 2.47. The quantitative estimate of drug-likeness (QED) is 0.287. The predicted molar refractivity (Wildman–Crippen MR) is 120 cm³/mol. The number of aromatic nitrogens is 1. The molecule has 1 aliphatic heterocycles. The van der Waals surface area contributed by atoms with E-state index >= 15 is 0 Å². The molecule has 1 aliphatic rings. The minimum absolute atomic E-state index is 0.113. The van der Waals surface area contributed by atoms with Crippen LogP contribution in [-0.2, 0) is 14.3 Å². The molecule has 0 aliphatic carbocycles. The summed E-state index contributed by atoms with van der Waals surface area (Å²) in [7, 11) is 5.01. The summed E-state index contributed by atoms with van der Waals surface area (Å²) < 4.78 is 19.6. The van der Waals surface area contributed by atoms with Gasteiger partial charge in [0.05, 0.1) is 18.7 Å². The van der Waals surface area contributed by atoms with Crippen LogP contribution < -0.4 is 0 Å². The van der Waals surface area contributed by atoms with Gasteiger partial charge in [0, 0.05) is 23.4 Å². The average Bonchev–Trinajstić information content (AvgIpc) is 3.20.